The van der Waals surface area contributed by atoms with Crippen LogP contribution in [0.25, 0.3) is 6.08 Å². The Kier molecular flexibility index (Phi) is 5.99. The lowest BCUT2D eigenvalue weighted by Crippen LogP contribution is -2.33. The maximum atomic E-state index is 12.7. The van der Waals surface area contributed by atoms with Crippen LogP contribution in [-0.2, 0) is 9.59 Å². The van der Waals surface area contributed by atoms with E-state index in [1.54, 1.807) is 14.2 Å². The number of carboxylic acids is 1. The summed E-state index contributed by atoms with van der Waals surface area (Å²) in [5.74, 6) is 0.367. The van der Waals surface area contributed by atoms with Gasteiger partial charge in [0.05, 0.1) is 19.1 Å². The molecule has 1 saturated heterocycles. The molecule has 2 unspecified atom stereocenters. The number of hydrogen-bond donors (Lipinski definition) is 1. The van der Waals surface area contributed by atoms with E-state index in [0.29, 0.717) is 28.4 Å². The van der Waals surface area contributed by atoms with Crippen molar-refractivity contribution in [1.82, 2.24) is 4.90 Å². The number of anilines is 2. The van der Waals surface area contributed by atoms with Crippen molar-refractivity contribution >= 4 is 57.6 Å². The number of thiocarbonyl (C=S) groups is 1. The molecule has 3 aliphatic rings. The first kappa shape index (κ1) is 22.7. The standard InChI is InChI=1S/C25H24N2O5S2/c1-31-20-9-7-15(12-21(20)32-2)27-18-5-3-4-16(18)17-10-14(6-8-19(17)27)11-22-24(30)26(13-23(28)29)25(33)34-22/h6-12,16,18H,3-5,13H2,1-2H3,(H,28,29). The van der Waals surface area contributed by atoms with Gasteiger partial charge in [0, 0.05) is 29.4 Å². The molecule has 0 spiro atoms. The van der Waals surface area contributed by atoms with Gasteiger partial charge >= 0.3 is 5.97 Å². The number of nitrogens with zero attached hydrogens (tertiary/aromatic N) is 2. The van der Waals surface area contributed by atoms with Crippen molar-refractivity contribution in [1.29, 1.82) is 0 Å². The third kappa shape index (κ3) is 3.82. The van der Waals surface area contributed by atoms with E-state index in [4.69, 9.17) is 26.8 Å². The predicted octanol–water partition coefficient (Wildman–Crippen LogP) is 4.78. The number of carboxylic acid groups (broad SMARTS) is 1. The normalized spacial score (nSPS) is 22.4. The van der Waals surface area contributed by atoms with Crippen LogP contribution >= 0.6 is 24.0 Å². The molecule has 1 aliphatic carbocycles. The average molecular weight is 497 g/mol. The van der Waals surface area contributed by atoms with Crippen molar-refractivity contribution in [3.8, 4) is 11.5 Å². The molecule has 0 aromatic heterocycles. The van der Waals surface area contributed by atoms with Crippen LogP contribution < -0.4 is 14.4 Å². The van der Waals surface area contributed by atoms with Crippen LogP contribution in [0.15, 0.2) is 41.3 Å². The zero-order chi connectivity index (χ0) is 24.0. The molecular weight excluding hydrogens is 472 g/mol. The molecule has 176 valence electrons. The molecule has 2 aromatic rings. The van der Waals surface area contributed by atoms with Crippen molar-refractivity contribution in [3.63, 3.8) is 0 Å². The molecule has 9 heteroatoms. The third-order valence-corrected chi connectivity index (χ3v) is 8.01. The molecular formula is C25H24N2O5S2. The lowest BCUT2D eigenvalue weighted by molar-refractivity contribution is -0.140. The van der Waals surface area contributed by atoms with Gasteiger partial charge in [-0.15, -0.1) is 0 Å². The van der Waals surface area contributed by atoms with Crippen molar-refractivity contribution < 1.29 is 24.2 Å². The molecule has 0 radical (unpaired) electrons. The number of amides is 1. The largest absolute Gasteiger partial charge is 0.493 e. The van der Waals surface area contributed by atoms with Gasteiger partial charge in [0.1, 0.15) is 10.9 Å². The number of methoxy groups -OCH3 is 2. The van der Waals surface area contributed by atoms with Gasteiger partial charge in [0.15, 0.2) is 11.5 Å². The van der Waals surface area contributed by atoms with Gasteiger partial charge < -0.3 is 19.5 Å². The molecule has 7 nitrogen and oxygen atoms in total. The summed E-state index contributed by atoms with van der Waals surface area (Å²) in [7, 11) is 3.27. The second kappa shape index (κ2) is 8.96. The van der Waals surface area contributed by atoms with Crippen molar-refractivity contribution in [2.75, 3.05) is 25.7 Å². The Balaban J connectivity index is 1.49. The maximum absolute atomic E-state index is 12.7. The highest BCUT2D eigenvalue weighted by Gasteiger charge is 2.42. The molecule has 2 fully saturated rings. The Morgan fingerprint density at radius 2 is 1.97 bits per heavy atom. The highest BCUT2D eigenvalue weighted by molar-refractivity contribution is 8.26. The van der Waals surface area contributed by atoms with E-state index in [2.05, 4.69) is 23.1 Å². The quantitative estimate of drug-likeness (QED) is 0.452. The second-order valence-corrected chi connectivity index (χ2v) is 10.2. The van der Waals surface area contributed by atoms with Crippen LogP contribution in [0, 0.1) is 0 Å². The molecule has 1 saturated carbocycles. The first-order valence-electron chi connectivity index (χ1n) is 11.0. The zero-order valence-corrected chi connectivity index (χ0v) is 20.4. The fourth-order valence-corrected chi connectivity index (χ4v) is 6.45. The fraction of sp³-hybridized carbons (Fsp3) is 0.320. The number of rotatable bonds is 6. The second-order valence-electron chi connectivity index (χ2n) is 8.49. The van der Waals surface area contributed by atoms with E-state index >= 15 is 0 Å². The zero-order valence-electron chi connectivity index (χ0n) is 18.8. The number of carbonyl (C=O) groups excluding carboxylic acids is 1. The van der Waals surface area contributed by atoms with E-state index in [-0.39, 0.29) is 10.2 Å². The smallest absolute Gasteiger partial charge is 0.323 e. The molecule has 2 aliphatic heterocycles. The summed E-state index contributed by atoms with van der Waals surface area (Å²) in [6.45, 7) is -0.420. The van der Waals surface area contributed by atoms with Gasteiger partial charge in [-0.1, -0.05) is 36.5 Å². The van der Waals surface area contributed by atoms with Gasteiger partial charge in [0.25, 0.3) is 5.91 Å². The number of thioether (sulfide) groups is 1. The molecule has 0 bridgehead atoms. The van der Waals surface area contributed by atoms with Crippen molar-refractivity contribution in [2.45, 2.75) is 31.2 Å². The van der Waals surface area contributed by atoms with Crippen LogP contribution in [0.5, 0.6) is 11.5 Å². The summed E-state index contributed by atoms with van der Waals surface area (Å²) in [6, 6.07) is 12.6. The minimum atomic E-state index is -1.09. The van der Waals surface area contributed by atoms with Gasteiger partial charge in [-0.2, -0.15) is 0 Å². The Labute approximate surface area is 207 Å². The van der Waals surface area contributed by atoms with Crippen molar-refractivity contribution in [2.24, 2.45) is 0 Å². The lowest BCUT2D eigenvalue weighted by atomic mass is 9.96. The highest BCUT2D eigenvalue weighted by Crippen LogP contribution is 2.53. The highest BCUT2D eigenvalue weighted by atomic mass is 32.2. The molecule has 2 atom stereocenters. The third-order valence-electron chi connectivity index (χ3n) is 6.63. The topological polar surface area (TPSA) is 79.3 Å². The monoisotopic (exact) mass is 496 g/mol. The number of benzene rings is 2. The maximum Gasteiger partial charge on any atom is 0.323 e. The lowest BCUT2D eigenvalue weighted by Gasteiger charge is -2.27. The summed E-state index contributed by atoms with van der Waals surface area (Å²) in [4.78, 5) is 27.7. The Morgan fingerprint density at radius 1 is 1.18 bits per heavy atom. The summed E-state index contributed by atoms with van der Waals surface area (Å²) in [5, 5.41) is 9.06. The Hall–Kier alpha value is -3.04. The molecule has 34 heavy (non-hydrogen) atoms. The van der Waals surface area contributed by atoms with Gasteiger partial charge in [-0.05, 0) is 54.3 Å². The molecule has 5 rings (SSSR count). The molecule has 1 amide bonds. The number of carbonyl (C=O) groups is 2. The number of fused-ring (bicyclic) bond motifs is 3. The van der Waals surface area contributed by atoms with Gasteiger partial charge in [-0.3, -0.25) is 14.5 Å². The van der Waals surface area contributed by atoms with E-state index in [1.807, 2.05) is 24.3 Å². The minimum Gasteiger partial charge on any atom is -0.493 e. The van der Waals surface area contributed by atoms with Crippen molar-refractivity contribution in [3.05, 3.63) is 52.4 Å². The summed E-state index contributed by atoms with van der Waals surface area (Å²) >= 11 is 6.36. The fourth-order valence-electron chi connectivity index (χ4n) is 5.20. The van der Waals surface area contributed by atoms with Crippen LogP contribution in [0.2, 0.25) is 0 Å². The van der Waals surface area contributed by atoms with Gasteiger partial charge in [0.2, 0.25) is 0 Å². The number of aliphatic carboxylic acids is 1. The number of hydrogen-bond acceptors (Lipinski definition) is 7. The molecule has 2 aromatic carbocycles. The first-order valence-corrected chi connectivity index (χ1v) is 12.3. The Bertz CT molecular complexity index is 1230. The SMILES string of the molecule is COc1ccc(N2c3ccc(C=C4SC(=S)N(CC(=O)O)C4=O)cc3C3CCCC32)cc1OC. The summed E-state index contributed by atoms with van der Waals surface area (Å²) in [5.41, 5.74) is 4.41. The van der Waals surface area contributed by atoms with E-state index < -0.39 is 12.5 Å². The summed E-state index contributed by atoms with van der Waals surface area (Å²) in [6.07, 6.45) is 5.20. The van der Waals surface area contributed by atoms with E-state index in [1.165, 1.54) is 5.56 Å². The van der Waals surface area contributed by atoms with Crippen LogP contribution in [0.3, 0.4) is 0 Å². The van der Waals surface area contributed by atoms with Crippen LogP contribution in [0.1, 0.15) is 36.3 Å². The molecule has 2 heterocycles. The molecule has 1 N–H and O–H groups in total. The minimum absolute atomic E-state index is 0.273. The first-order chi connectivity index (χ1) is 16.4. The van der Waals surface area contributed by atoms with E-state index in [9.17, 15) is 9.59 Å². The predicted molar refractivity (Wildman–Crippen MR) is 136 cm³/mol. The van der Waals surface area contributed by atoms with Crippen LogP contribution in [-0.4, -0.2) is 53.0 Å². The van der Waals surface area contributed by atoms with Gasteiger partial charge in [-0.25, -0.2) is 0 Å². The van der Waals surface area contributed by atoms with Crippen LogP contribution in [0.4, 0.5) is 11.4 Å². The number of ether oxygens (including phenoxy) is 2. The van der Waals surface area contributed by atoms with E-state index in [0.717, 1.165) is 52.9 Å². The average Bonchev–Trinajstić information content (AvgIpc) is 3.48. The summed E-state index contributed by atoms with van der Waals surface area (Å²) < 4.78 is 11.2. The Morgan fingerprint density at radius 3 is 2.71 bits per heavy atom.